The van der Waals surface area contributed by atoms with Crippen LogP contribution in [0.25, 0.3) is 0 Å². The van der Waals surface area contributed by atoms with Gasteiger partial charge in [-0.25, -0.2) is 0 Å². The highest BCUT2D eigenvalue weighted by Crippen LogP contribution is 2.06. The standard InChI is InChI=1S/C12H20N4O2/c1-2-16(6-3-7-17)9-10-4-5-14-11(8-10)12(13)15-18/h4-5,8,17-18H,2-3,6-7,9H2,1H3,(H2,13,15). The minimum atomic E-state index is 0.00950. The Bertz CT molecular complexity index is 395. The van der Waals surface area contributed by atoms with Crippen LogP contribution < -0.4 is 5.73 Å². The maximum absolute atomic E-state index is 8.83. The monoisotopic (exact) mass is 252 g/mol. The molecule has 100 valence electrons. The Morgan fingerprint density at radius 3 is 2.94 bits per heavy atom. The van der Waals surface area contributed by atoms with Crippen molar-refractivity contribution in [2.24, 2.45) is 10.9 Å². The number of hydrogen-bond acceptors (Lipinski definition) is 5. The quantitative estimate of drug-likeness (QED) is 0.282. The number of amidine groups is 1. The summed E-state index contributed by atoms with van der Waals surface area (Å²) < 4.78 is 0. The van der Waals surface area contributed by atoms with Crippen LogP contribution in [-0.4, -0.2) is 45.7 Å². The molecule has 1 aromatic heterocycles. The minimum Gasteiger partial charge on any atom is -0.409 e. The van der Waals surface area contributed by atoms with Crippen LogP contribution in [0.5, 0.6) is 0 Å². The van der Waals surface area contributed by atoms with Crippen LogP contribution in [0.15, 0.2) is 23.5 Å². The molecular weight excluding hydrogens is 232 g/mol. The van der Waals surface area contributed by atoms with Crippen molar-refractivity contribution < 1.29 is 10.3 Å². The lowest BCUT2D eigenvalue weighted by atomic mass is 10.2. The molecule has 4 N–H and O–H groups in total. The normalized spacial score (nSPS) is 12.1. The van der Waals surface area contributed by atoms with Crippen molar-refractivity contribution in [3.63, 3.8) is 0 Å². The topological polar surface area (TPSA) is 95.0 Å². The molecule has 6 nitrogen and oxygen atoms in total. The van der Waals surface area contributed by atoms with E-state index < -0.39 is 0 Å². The van der Waals surface area contributed by atoms with Gasteiger partial charge < -0.3 is 16.0 Å². The molecule has 0 aliphatic rings. The van der Waals surface area contributed by atoms with Gasteiger partial charge in [0, 0.05) is 25.9 Å². The Morgan fingerprint density at radius 2 is 2.33 bits per heavy atom. The number of rotatable bonds is 7. The van der Waals surface area contributed by atoms with Crippen molar-refractivity contribution in [3.05, 3.63) is 29.6 Å². The van der Waals surface area contributed by atoms with E-state index in [9.17, 15) is 0 Å². The van der Waals surface area contributed by atoms with Crippen LogP contribution in [0.2, 0.25) is 0 Å². The molecule has 0 radical (unpaired) electrons. The van der Waals surface area contributed by atoms with Gasteiger partial charge in [-0.15, -0.1) is 0 Å². The predicted octanol–water partition coefficient (Wildman–Crippen LogP) is 0.380. The van der Waals surface area contributed by atoms with Gasteiger partial charge in [-0.05, 0) is 30.7 Å². The van der Waals surface area contributed by atoms with Gasteiger partial charge in [0.15, 0.2) is 5.84 Å². The number of aliphatic hydroxyl groups is 1. The van der Waals surface area contributed by atoms with Crippen molar-refractivity contribution in [3.8, 4) is 0 Å². The van der Waals surface area contributed by atoms with E-state index in [0.717, 1.165) is 31.6 Å². The van der Waals surface area contributed by atoms with E-state index in [1.165, 1.54) is 0 Å². The fourth-order valence-corrected chi connectivity index (χ4v) is 1.67. The first-order chi connectivity index (χ1) is 8.71. The largest absolute Gasteiger partial charge is 0.409 e. The second-order valence-corrected chi connectivity index (χ2v) is 3.98. The highest BCUT2D eigenvalue weighted by molar-refractivity contribution is 5.95. The molecule has 18 heavy (non-hydrogen) atoms. The molecule has 0 unspecified atom stereocenters. The van der Waals surface area contributed by atoms with Crippen molar-refractivity contribution in [1.29, 1.82) is 0 Å². The molecule has 0 fully saturated rings. The molecule has 0 saturated carbocycles. The first kappa shape index (κ1) is 14.4. The molecule has 0 saturated heterocycles. The summed E-state index contributed by atoms with van der Waals surface area (Å²) in [6.07, 6.45) is 2.40. The van der Waals surface area contributed by atoms with E-state index in [4.69, 9.17) is 16.0 Å². The summed E-state index contributed by atoms with van der Waals surface area (Å²) in [5, 5.41) is 20.4. The third-order valence-electron chi connectivity index (χ3n) is 2.68. The first-order valence-electron chi connectivity index (χ1n) is 5.97. The summed E-state index contributed by atoms with van der Waals surface area (Å²) in [6, 6.07) is 3.70. The molecule has 0 spiro atoms. The van der Waals surface area contributed by atoms with Crippen LogP contribution in [0.1, 0.15) is 24.6 Å². The summed E-state index contributed by atoms with van der Waals surface area (Å²) >= 11 is 0. The fraction of sp³-hybridized carbons (Fsp3) is 0.500. The van der Waals surface area contributed by atoms with E-state index in [-0.39, 0.29) is 12.4 Å². The lowest BCUT2D eigenvalue weighted by molar-refractivity contribution is 0.225. The van der Waals surface area contributed by atoms with Crippen LogP contribution in [0.3, 0.4) is 0 Å². The molecule has 1 rings (SSSR count). The summed E-state index contributed by atoms with van der Waals surface area (Å²) in [6.45, 7) is 4.77. The Balaban J connectivity index is 2.71. The SMILES string of the molecule is CCN(CCCO)Cc1ccnc(/C(N)=N/O)c1. The van der Waals surface area contributed by atoms with Crippen LogP contribution in [-0.2, 0) is 6.54 Å². The van der Waals surface area contributed by atoms with Crippen LogP contribution in [0.4, 0.5) is 0 Å². The average Bonchev–Trinajstić information content (AvgIpc) is 2.42. The third-order valence-corrected chi connectivity index (χ3v) is 2.68. The zero-order valence-electron chi connectivity index (χ0n) is 10.6. The van der Waals surface area contributed by atoms with E-state index in [1.807, 2.05) is 6.07 Å². The van der Waals surface area contributed by atoms with Crippen molar-refractivity contribution in [1.82, 2.24) is 9.88 Å². The van der Waals surface area contributed by atoms with E-state index in [1.54, 1.807) is 12.3 Å². The van der Waals surface area contributed by atoms with E-state index in [0.29, 0.717) is 5.69 Å². The van der Waals surface area contributed by atoms with Crippen molar-refractivity contribution >= 4 is 5.84 Å². The van der Waals surface area contributed by atoms with Gasteiger partial charge in [0.2, 0.25) is 0 Å². The van der Waals surface area contributed by atoms with Crippen LogP contribution in [0, 0.1) is 0 Å². The van der Waals surface area contributed by atoms with E-state index >= 15 is 0 Å². The molecule has 0 atom stereocenters. The minimum absolute atomic E-state index is 0.00950. The van der Waals surface area contributed by atoms with Gasteiger partial charge >= 0.3 is 0 Å². The number of oxime groups is 1. The van der Waals surface area contributed by atoms with Crippen molar-refractivity contribution in [2.45, 2.75) is 19.9 Å². The molecular formula is C12H20N4O2. The molecule has 0 aliphatic carbocycles. The number of aliphatic hydroxyl groups excluding tert-OH is 1. The number of nitrogens with zero attached hydrogens (tertiary/aromatic N) is 3. The van der Waals surface area contributed by atoms with Gasteiger partial charge in [0.25, 0.3) is 0 Å². The number of hydrogen-bond donors (Lipinski definition) is 3. The van der Waals surface area contributed by atoms with Gasteiger partial charge in [-0.1, -0.05) is 12.1 Å². The molecule has 1 heterocycles. The average molecular weight is 252 g/mol. The number of nitrogens with two attached hydrogens (primary N) is 1. The highest BCUT2D eigenvalue weighted by Gasteiger charge is 2.06. The van der Waals surface area contributed by atoms with Gasteiger partial charge in [0.05, 0.1) is 0 Å². The second kappa shape index (κ2) is 7.62. The zero-order valence-corrected chi connectivity index (χ0v) is 10.6. The summed E-state index contributed by atoms with van der Waals surface area (Å²) in [7, 11) is 0. The maximum atomic E-state index is 8.83. The Kier molecular flexibility index (Phi) is 6.10. The first-order valence-corrected chi connectivity index (χ1v) is 5.97. The van der Waals surface area contributed by atoms with Crippen molar-refractivity contribution in [2.75, 3.05) is 19.7 Å². The Labute approximate surface area is 107 Å². The van der Waals surface area contributed by atoms with Gasteiger partial charge in [-0.3, -0.25) is 9.88 Å². The summed E-state index contributed by atoms with van der Waals surface area (Å²) in [4.78, 5) is 6.24. The number of pyridine rings is 1. The molecule has 6 heteroatoms. The molecule has 0 aliphatic heterocycles. The maximum Gasteiger partial charge on any atom is 0.188 e. The molecule has 0 bridgehead atoms. The van der Waals surface area contributed by atoms with Crippen LogP contribution >= 0.6 is 0 Å². The fourth-order valence-electron chi connectivity index (χ4n) is 1.67. The number of aromatic nitrogens is 1. The lowest BCUT2D eigenvalue weighted by Crippen LogP contribution is -2.25. The summed E-state index contributed by atoms with van der Waals surface area (Å²) in [5.41, 5.74) is 7.01. The molecule has 0 amide bonds. The highest BCUT2D eigenvalue weighted by atomic mass is 16.4. The van der Waals surface area contributed by atoms with Gasteiger partial charge in [0.1, 0.15) is 5.69 Å². The Hall–Kier alpha value is -1.66. The smallest absolute Gasteiger partial charge is 0.188 e. The third kappa shape index (κ3) is 4.31. The molecule has 1 aromatic rings. The van der Waals surface area contributed by atoms with Gasteiger partial charge in [-0.2, -0.15) is 0 Å². The summed E-state index contributed by atoms with van der Waals surface area (Å²) in [5.74, 6) is 0.00950. The second-order valence-electron chi connectivity index (χ2n) is 3.98. The van der Waals surface area contributed by atoms with E-state index in [2.05, 4.69) is 22.0 Å². The Morgan fingerprint density at radius 1 is 1.56 bits per heavy atom. The lowest BCUT2D eigenvalue weighted by Gasteiger charge is -2.20. The zero-order chi connectivity index (χ0) is 13.4. The molecule has 0 aromatic carbocycles. The predicted molar refractivity (Wildman–Crippen MR) is 69.4 cm³/mol.